The predicted molar refractivity (Wildman–Crippen MR) is 82.1 cm³/mol. The molecule has 0 aliphatic carbocycles. The Morgan fingerprint density at radius 3 is 2.52 bits per heavy atom. The summed E-state index contributed by atoms with van der Waals surface area (Å²) in [5, 5.41) is -0.278. The van der Waals surface area contributed by atoms with Crippen molar-refractivity contribution in [3.05, 3.63) is 23.0 Å². The molecule has 1 fully saturated rings. The van der Waals surface area contributed by atoms with Gasteiger partial charge in [-0.1, -0.05) is 32.4 Å². The van der Waals surface area contributed by atoms with Crippen LogP contribution in [-0.2, 0) is 10.0 Å². The van der Waals surface area contributed by atoms with E-state index in [1.807, 2.05) is 0 Å². The quantitative estimate of drug-likeness (QED) is 0.845. The molecule has 1 aromatic rings. The van der Waals surface area contributed by atoms with Crippen molar-refractivity contribution >= 4 is 27.3 Å². The number of anilines is 1. The van der Waals surface area contributed by atoms with E-state index in [1.54, 1.807) is 0 Å². The van der Waals surface area contributed by atoms with E-state index in [0.29, 0.717) is 13.1 Å². The van der Waals surface area contributed by atoms with E-state index in [0.717, 1.165) is 12.5 Å². The van der Waals surface area contributed by atoms with Gasteiger partial charge >= 0.3 is 0 Å². The van der Waals surface area contributed by atoms with Crippen molar-refractivity contribution in [3.8, 4) is 0 Å². The largest absolute Gasteiger partial charge is 0.399 e. The third kappa shape index (κ3) is 3.17. The summed E-state index contributed by atoms with van der Waals surface area (Å²) in [6.45, 7) is 7.00. The highest BCUT2D eigenvalue weighted by molar-refractivity contribution is 7.89. The Labute approximate surface area is 130 Å². The third-order valence-electron chi connectivity index (χ3n) is 4.01. The topological polar surface area (TPSA) is 63.4 Å². The minimum Gasteiger partial charge on any atom is -0.399 e. The van der Waals surface area contributed by atoms with Crippen LogP contribution < -0.4 is 5.73 Å². The molecule has 7 heteroatoms. The van der Waals surface area contributed by atoms with Crippen LogP contribution >= 0.6 is 11.6 Å². The summed E-state index contributed by atoms with van der Waals surface area (Å²) in [5.41, 5.74) is 5.73. The normalized spacial score (nSPS) is 20.9. The molecule has 0 aromatic heterocycles. The van der Waals surface area contributed by atoms with Crippen LogP contribution in [0.2, 0.25) is 5.02 Å². The van der Waals surface area contributed by atoms with Crippen LogP contribution in [0.15, 0.2) is 17.0 Å². The molecule has 1 unspecified atom stereocenters. The Bertz CT molecular complexity index is 656. The molecule has 2 rings (SSSR count). The molecular weight excluding hydrogens is 315 g/mol. The van der Waals surface area contributed by atoms with E-state index in [-0.39, 0.29) is 22.0 Å². The van der Waals surface area contributed by atoms with Crippen LogP contribution in [0, 0.1) is 17.2 Å². The number of sulfonamides is 1. The monoisotopic (exact) mass is 334 g/mol. The molecule has 0 spiro atoms. The van der Waals surface area contributed by atoms with Crippen molar-refractivity contribution in [1.82, 2.24) is 4.31 Å². The first-order valence-electron chi connectivity index (χ1n) is 6.78. The highest BCUT2D eigenvalue weighted by Crippen LogP contribution is 2.37. The van der Waals surface area contributed by atoms with Gasteiger partial charge in [-0.05, 0) is 29.9 Å². The summed E-state index contributed by atoms with van der Waals surface area (Å²) >= 11 is 5.70. The van der Waals surface area contributed by atoms with Crippen molar-refractivity contribution < 1.29 is 12.8 Å². The zero-order valence-electron chi connectivity index (χ0n) is 12.4. The predicted octanol–water partition coefficient (Wildman–Crippen LogP) is 3.12. The second-order valence-electron chi connectivity index (χ2n) is 6.53. The molecule has 1 saturated heterocycles. The fraction of sp³-hybridized carbons (Fsp3) is 0.571. The van der Waals surface area contributed by atoms with Gasteiger partial charge in [-0.3, -0.25) is 0 Å². The number of nitrogens with two attached hydrogens (primary N) is 1. The SMILES string of the molecule is CC(C)(C)C1CCN(S(=O)(=O)c2cc(N)cc(Cl)c2F)C1. The first kappa shape index (κ1) is 16.5. The van der Waals surface area contributed by atoms with Gasteiger partial charge in [-0.2, -0.15) is 4.31 Å². The summed E-state index contributed by atoms with van der Waals surface area (Å²) in [6.07, 6.45) is 0.764. The van der Waals surface area contributed by atoms with Crippen LogP contribution in [0.25, 0.3) is 0 Å². The smallest absolute Gasteiger partial charge is 0.246 e. The highest BCUT2D eigenvalue weighted by Gasteiger charge is 2.39. The number of nitrogens with zero attached hydrogens (tertiary/aromatic N) is 1. The maximum atomic E-state index is 14.1. The lowest BCUT2D eigenvalue weighted by molar-refractivity contribution is 0.252. The van der Waals surface area contributed by atoms with Crippen molar-refractivity contribution in [2.45, 2.75) is 32.1 Å². The molecular formula is C14H20ClFN2O2S. The van der Waals surface area contributed by atoms with Crippen molar-refractivity contribution in [1.29, 1.82) is 0 Å². The Balaban J connectivity index is 2.37. The third-order valence-corrected chi connectivity index (χ3v) is 6.15. The standard InChI is InChI=1S/C14H20ClFN2O2S/c1-14(2,3)9-4-5-18(8-9)21(19,20)12-7-10(17)6-11(15)13(12)16/h6-7,9H,4-5,8,17H2,1-3H3. The van der Waals surface area contributed by atoms with Gasteiger partial charge in [-0.15, -0.1) is 0 Å². The second kappa shape index (κ2) is 5.41. The molecule has 1 atom stereocenters. The lowest BCUT2D eigenvalue weighted by atomic mass is 9.80. The van der Waals surface area contributed by atoms with E-state index in [9.17, 15) is 12.8 Å². The van der Waals surface area contributed by atoms with Crippen molar-refractivity contribution in [2.75, 3.05) is 18.8 Å². The lowest BCUT2D eigenvalue weighted by Gasteiger charge is -2.27. The number of nitrogen functional groups attached to an aromatic ring is 1. The summed E-state index contributed by atoms with van der Waals surface area (Å²) in [5.74, 6) is -0.697. The van der Waals surface area contributed by atoms with Crippen LogP contribution in [0.1, 0.15) is 27.2 Å². The highest BCUT2D eigenvalue weighted by atomic mass is 35.5. The molecule has 1 aliphatic rings. The molecule has 1 aromatic carbocycles. The van der Waals surface area contributed by atoms with Crippen LogP contribution in [0.3, 0.4) is 0 Å². The van der Waals surface area contributed by atoms with E-state index >= 15 is 0 Å². The summed E-state index contributed by atoms with van der Waals surface area (Å²) in [4.78, 5) is -0.443. The Morgan fingerprint density at radius 2 is 2.00 bits per heavy atom. The molecule has 118 valence electrons. The molecule has 0 saturated carbocycles. The number of hydrogen-bond donors (Lipinski definition) is 1. The average molecular weight is 335 g/mol. The summed E-state index contributed by atoms with van der Waals surface area (Å²) in [6, 6.07) is 2.33. The second-order valence-corrected chi connectivity index (χ2v) is 8.84. The van der Waals surface area contributed by atoms with E-state index < -0.39 is 20.7 Å². The molecule has 0 bridgehead atoms. The molecule has 4 nitrogen and oxygen atoms in total. The first-order valence-corrected chi connectivity index (χ1v) is 8.60. The molecule has 0 amide bonds. The number of rotatable bonds is 2. The minimum atomic E-state index is -3.91. The maximum absolute atomic E-state index is 14.1. The number of halogens is 2. The molecule has 1 heterocycles. The maximum Gasteiger partial charge on any atom is 0.246 e. The summed E-state index contributed by atoms with van der Waals surface area (Å²) in [7, 11) is -3.91. The molecule has 1 aliphatic heterocycles. The Hall–Kier alpha value is -0.850. The van der Waals surface area contributed by atoms with Gasteiger partial charge in [0.25, 0.3) is 0 Å². The summed E-state index contributed by atoms with van der Waals surface area (Å²) < 4.78 is 40.6. The van der Waals surface area contributed by atoms with Gasteiger partial charge in [0, 0.05) is 18.8 Å². The molecule has 21 heavy (non-hydrogen) atoms. The van der Waals surface area contributed by atoms with E-state index in [2.05, 4.69) is 20.8 Å². The molecule has 0 radical (unpaired) electrons. The van der Waals surface area contributed by atoms with Crippen LogP contribution in [0.5, 0.6) is 0 Å². The fourth-order valence-electron chi connectivity index (χ4n) is 2.56. The first-order chi connectivity index (χ1) is 9.53. The van der Waals surface area contributed by atoms with Gasteiger partial charge < -0.3 is 5.73 Å². The Morgan fingerprint density at radius 1 is 1.38 bits per heavy atom. The zero-order valence-corrected chi connectivity index (χ0v) is 13.9. The lowest BCUT2D eigenvalue weighted by Crippen LogP contribution is -2.31. The fourth-order valence-corrected chi connectivity index (χ4v) is 4.47. The molecule has 2 N–H and O–H groups in total. The van der Waals surface area contributed by atoms with Crippen LogP contribution in [0.4, 0.5) is 10.1 Å². The van der Waals surface area contributed by atoms with Crippen LogP contribution in [-0.4, -0.2) is 25.8 Å². The van der Waals surface area contributed by atoms with Crippen molar-refractivity contribution in [3.63, 3.8) is 0 Å². The zero-order chi connectivity index (χ0) is 16.0. The van der Waals surface area contributed by atoms with Gasteiger partial charge in [0.2, 0.25) is 10.0 Å². The van der Waals surface area contributed by atoms with E-state index in [1.165, 1.54) is 10.4 Å². The number of benzene rings is 1. The van der Waals surface area contributed by atoms with E-state index in [4.69, 9.17) is 17.3 Å². The van der Waals surface area contributed by atoms with Gasteiger partial charge in [0.15, 0.2) is 5.82 Å². The average Bonchev–Trinajstić information content (AvgIpc) is 2.83. The number of hydrogen-bond acceptors (Lipinski definition) is 3. The van der Waals surface area contributed by atoms with Gasteiger partial charge in [-0.25, -0.2) is 12.8 Å². The van der Waals surface area contributed by atoms with Gasteiger partial charge in [0.05, 0.1) is 5.02 Å². The minimum absolute atomic E-state index is 0.0101. The Kier molecular flexibility index (Phi) is 4.26. The van der Waals surface area contributed by atoms with Crippen molar-refractivity contribution in [2.24, 2.45) is 11.3 Å². The van der Waals surface area contributed by atoms with Gasteiger partial charge in [0.1, 0.15) is 4.90 Å².